The molecule has 4 heteroatoms. The molecule has 0 fully saturated rings. The zero-order valence-electron chi connectivity index (χ0n) is 7.28. The number of hydrogen-bond donors (Lipinski definition) is 0. The third kappa shape index (κ3) is 1.64. The van der Waals surface area contributed by atoms with Crippen molar-refractivity contribution in [3.63, 3.8) is 0 Å². The summed E-state index contributed by atoms with van der Waals surface area (Å²) in [4.78, 5) is 11.1. The van der Waals surface area contributed by atoms with Gasteiger partial charge in [0.15, 0.2) is 0 Å². The monoisotopic (exact) mass is 168 g/mol. The minimum atomic E-state index is -0.332. The Labute approximate surface area is 71.1 Å². The van der Waals surface area contributed by atoms with E-state index in [9.17, 15) is 4.79 Å². The molecule has 1 aromatic heterocycles. The smallest absolute Gasteiger partial charge is 0.356 e. The first kappa shape index (κ1) is 8.77. The van der Waals surface area contributed by atoms with Crippen molar-refractivity contribution in [1.82, 2.24) is 9.78 Å². The molecule has 0 amide bonds. The maximum absolute atomic E-state index is 11.1. The van der Waals surface area contributed by atoms with Gasteiger partial charge in [-0.25, -0.2) is 4.79 Å². The van der Waals surface area contributed by atoms with Crippen LogP contribution in [0.25, 0.3) is 0 Å². The Bertz CT molecular complexity index is 268. The number of ether oxygens (including phenoxy) is 1. The lowest BCUT2D eigenvalue weighted by molar-refractivity contribution is 0.0586. The number of methoxy groups -OCH3 is 1. The summed E-state index contributed by atoms with van der Waals surface area (Å²) in [7, 11) is 1.37. The van der Waals surface area contributed by atoms with Crippen molar-refractivity contribution < 1.29 is 9.53 Å². The zero-order chi connectivity index (χ0) is 8.97. The fourth-order valence-electron chi connectivity index (χ4n) is 1.00. The zero-order valence-corrected chi connectivity index (χ0v) is 7.28. The molecule has 0 aliphatic carbocycles. The van der Waals surface area contributed by atoms with E-state index in [1.54, 1.807) is 16.9 Å². The first-order chi connectivity index (χ1) is 5.79. The topological polar surface area (TPSA) is 44.1 Å². The lowest BCUT2D eigenvalue weighted by atomic mass is 10.4. The van der Waals surface area contributed by atoms with Crippen molar-refractivity contribution in [1.29, 1.82) is 0 Å². The van der Waals surface area contributed by atoms with Crippen LogP contribution in [-0.2, 0) is 11.3 Å². The Hall–Kier alpha value is -1.32. The molecule has 0 radical (unpaired) electrons. The Morgan fingerprint density at radius 1 is 1.75 bits per heavy atom. The van der Waals surface area contributed by atoms with E-state index in [1.165, 1.54) is 7.11 Å². The van der Waals surface area contributed by atoms with Gasteiger partial charge in [-0.15, -0.1) is 0 Å². The molecule has 1 aromatic rings. The summed E-state index contributed by atoms with van der Waals surface area (Å²) in [6, 6.07) is 1.65. The third-order valence-electron chi connectivity index (χ3n) is 1.55. The third-order valence-corrected chi connectivity index (χ3v) is 1.55. The van der Waals surface area contributed by atoms with Crippen LogP contribution in [0.15, 0.2) is 12.3 Å². The maximum atomic E-state index is 11.1. The molecule has 0 bridgehead atoms. The van der Waals surface area contributed by atoms with Crippen molar-refractivity contribution in [2.75, 3.05) is 7.11 Å². The number of rotatable bonds is 3. The molecule has 0 aromatic carbocycles. The fraction of sp³-hybridized carbons (Fsp3) is 0.500. The van der Waals surface area contributed by atoms with Gasteiger partial charge in [0.05, 0.1) is 7.11 Å². The molecule has 66 valence electrons. The van der Waals surface area contributed by atoms with Gasteiger partial charge in [0.1, 0.15) is 5.69 Å². The molecule has 4 nitrogen and oxygen atoms in total. The molecule has 0 aliphatic rings. The molecule has 0 saturated heterocycles. The van der Waals surface area contributed by atoms with Crippen LogP contribution in [0.1, 0.15) is 23.8 Å². The molecule has 0 unspecified atom stereocenters. The lowest BCUT2D eigenvalue weighted by Gasteiger charge is -2.02. The van der Waals surface area contributed by atoms with Gasteiger partial charge in [0.25, 0.3) is 0 Å². The number of nitrogens with zero attached hydrogens (tertiary/aromatic N) is 2. The van der Waals surface area contributed by atoms with Crippen LogP contribution in [0.4, 0.5) is 0 Å². The quantitative estimate of drug-likeness (QED) is 0.634. The van der Waals surface area contributed by atoms with Crippen LogP contribution in [0.2, 0.25) is 0 Å². The highest BCUT2D eigenvalue weighted by atomic mass is 16.5. The largest absolute Gasteiger partial charge is 0.464 e. The summed E-state index contributed by atoms with van der Waals surface area (Å²) in [5.41, 5.74) is 0.513. The predicted octanol–water partition coefficient (Wildman–Crippen LogP) is 1.08. The Balaban J connectivity index is 2.83. The summed E-state index contributed by atoms with van der Waals surface area (Å²) in [5.74, 6) is -0.332. The van der Waals surface area contributed by atoms with Crippen molar-refractivity contribution in [2.24, 2.45) is 0 Å². The molecule has 0 N–H and O–H groups in total. The van der Waals surface area contributed by atoms with Crippen LogP contribution in [-0.4, -0.2) is 22.9 Å². The molecule has 0 atom stereocenters. The van der Waals surface area contributed by atoms with Crippen molar-refractivity contribution in [3.05, 3.63) is 18.0 Å². The maximum Gasteiger partial charge on any atom is 0.356 e. The molecular weight excluding hydrogens is 156 g/mol. The number of carbonyl (C=O) groups is 1. The summed E-state index contributed by atoms with van der Waals surface area (Å²) in [5, 5.41) is 3.99. The molecule has 0 saturated carbocycles. The Kier molecular flexibility index (Phi) is 2.85. The van der Waals surface area contributed by atoms with Crippen LogP contribution in [0.3, 0.4) is 0 Å². The van der Waals surface area contributed by atoms with Crippen LogP contribution >= 0.6 is 0 Å². The Morgan fingerprint density at radius 3 is 3.08 bits per heavy atom. The van der Waals surface area contributed by atoms with Crippen molar-refractivity contribution in [2.45, 2.75) is 19.9 Å². The van der Waals surface area contributed by atoms with E-state index in [-0.39, 0.29) is 5.97 Å². The minimum absolute atomic E-state index is 0.332. The van der Waals surface area contributed by atoms with E-state index in [0.29, 0.717) is 5.69 Å². The fourth-order valence-corrected chi connectivity index (χ4v) is 1.00. The second kappa shape index (κ2) is 3.90. The highest BCUT2D eigenvalue weighted by Crippen LogP contribution is 2.01. The molecule has 12 heavy (non-hydrogen) atoms. The summed E-state index contributed by atoms with van der Waals surface area (Å²) < 4.78 is 6.23. The van der Waals surface area contributed by atoms with E-state index >= 15 is 0 Å². The molecule has 0 spiro atoms. The van der Waals surface area contributed by atoms with Gasteiger partial charge in [0.2, 0.25) is 0 Å². The highest BCUT2D eigenvalue weighted by Gasteiger charge is 2.10. The van der Waals surface area contributed by atoms with E-state index in [0.717, 1.165) is 13.0 Å². The number of aryl methyl sites for hydroxylation is 1. The number of esters is 1. The standard InChI is InChI=1S/C8H12N2O2/c1-3-6-10-7(4-5-9-10)8(11)12-2/h4-5H,3,6H2,1-2H3. The first-order valence-electron chi connectivity index (χ1n) is 3.89. The average Bonchev–Trinajstić information content (AvgIpc) is 2.52. The SMILES string of the molecule is CCCn1nccc1C(=O)OC. The van der Waals surface area contributed by atoms with Gasteiger partial charge >= 0.3 is 5.97 Å². The summed E-state index contributed by atoms with van der Waals surface area (Å²) >= 11 is 0. The predicted molar refractivity (Wildman–Crippen MR) is 43.9 cm³/mol. The number of aromatic nitrogens is 2. The molecule has 0 aliphatic heterocycles. The van der Waals surface area contributed by atoms with E-state index in [4.69, 9.17) is 0 Å². The average molecular weight is 168 g/mol. The van der Waals surface area contributed by atoms with Crippen LogP contribution in [0, 0.1) is 0 Å². The second-order valence-electron chi connectivity index (χ2n) is 2.43. The van der Waals surface area contributed by atoms with E-state index in [2.05, 4.69) is 9.84 Å². The summed E-state index contributed by atoms with van der Waals surface area (Å²) in [6.45, 7) is 2.78. The van der Waals surface area contributed by atoms with Crippen molar-refractivity contribution >= 4 is 5.97 Å². The van der Waals surface area contributed by atoms with Gasteiger partial charge in [0, 0.05) is 12.7 Å². The minimum Gasteiger partial charge on any atom is -0.464 e. The van der Waals surface area contributed by atoms with E-state index in [1.807, 2.05) is 6.92 Å². The normalized spacial score (nSPS) is 9.83. The Morgan fingerprint density at radius 2 is 2.50 bits per heavy atom. The van der Waals surface area contributed by atoms with Gasteiger partial charge in [-0.2, -0.15) is 5.10 Å². The first-order valence-corrected chi connectivity index (χ1v) is 3.89. The van der Waals surface area contributed by atoms with Crippen molar-refractivity contribution in [3.8, 4) is 0 Å². The van der Waals surface area contributed by atoms with Crippen LogP contribution in [0.5, 0.6) is 0 Å². The van der Waals surface area contributed by atoms with Gasteiger partial charge in [-0.1, -0.05) is 6.92 Å². The highest BCUT2D eigenvalue weighted by molar-refractivity contribution is 5.87. The molecular formula is C8H12N2O2. The lowest BCUT2D eigenvalue weighted by Crippen LogP contribution is -2.11. The van der Waals surface area contributed by atoms with Gasteiger partial charge < -0.3 is 4.74 Å². The van der Waals surface area contributed by atoms with Gasteiger partial charge in [-0.05, 0) is 12.5 Å². The second-order valence-corrected chi connectivity index (χ2v) is 2.43. The summed E-state index contributed by atoms with van der Waals surface area (Å²) in [6.07, 6.45) is 2.55. The molecule has 1 rings (SSSR count). The number of carbonyl (C=O) groups excluding carboxylic acids is 1. The number of hydrogen-bond acceptors (Lipinski definition) is 3. The van der Waals surface area contributed by atoms with Gasteiger partial charge in [-0.3, -0.25) is 4.68 Å². The molecule has 1 heterocycles. The van der Waals surface area contributed by atoms with E-state index < -0.39 is 0 Å². The van der Waals surface area contributed by atoms with Crippen LogP contribution < -0.4 is 0 Å².